The lowest BCUT2D eigenvalue weighted by molar-refractivity contribution is 1.09. The van der Waals surface area contributed by atoms with Gasteiger partial charge in [0.25, 0.3) is 0 Å². The molecule has 0 aliphatic carbocycles. The second-order valence-corrected chi connectivity index (χ2v) is 16.9. The summed E-state index contributed by atoms with van der Waals surface area (Å²) in [6.45, 7) is 2.20. The smallest absolute Gasteiger partial charge is 0.0991 e. The molecular formula is C62H41N3. The molecule has 0 fully saturated rings. The van der Waals surface area contributed by atoms with E-state index < -0.39 is 0 Å². The van der Waals surface area contributed by atoms with Crippen molar-refractivity contribution in [2.45, 2.75) is 6.92 Å². The molecule has 65 heavy (non-hydrogen) atoms. The van der Waals surface area contributed by atoms with Crippen molar-refractivity contribution < 1.29 is 0 Å². The van der Waals surface area contributed by atoms with Crippen LogP contribution >= 0.6 is 0 Å². The van der Waals surface area contributed by atoms with Crippen LogP contribution in [-0.4, -0.2) is 9.13 Å². The van der Waals surface area contributed by atoms with Gasteiger partial charge in [0.15, 0.2) is 0 Å². The van der Waals surface area contributed by atoms with Crippen LogP contribution in [0.2, 0.25) is 0 Å². The molecule has 10 aromatic carbocycles. The Morgan fingerprint density at radius 2 is 0.646 bits per heavy atom. The molecule has 12 rings (SSSR count). The molecular weight excluding hydrogens is 787 g/mol. The van der Waals surface area contributed by atoms with Crippen LogP contribution in [0.1, 0.15) is 11.1 Å². The van der Waals surface area contributed by atoms with Gasteiger partial charge in [-0.3, -0.25) is 0 Å². The van der Waals surface area contributed by atoms with E-state index in [-0.39, 0.29) is 0 Å². The summed E-state index contributed by atoms with van der Waals surface area (Å²) in [6, 6.07) is 85.4. The van der Waals surface area contributed by atoms with E-state index >= 15 is 0 Å². The Bertz CT molecular complexity index is 3620. The topological polar surface area (TPSA) is 33.6 Å². The lowest BCUT2D eigenvalue weighted by Crippen LogP contribution is -2.05. The Labute approximate surface area is 378 Å². The number of benzene rings is 10. The Morgan fingerprint density at radius 3 is 1.00 bits per heavy atom. The SMILES string of the molecule is Cc1cc(-n2c3cc(-c4ccccc4)ccc3c3ccc(-c4ccccc4)cc32)c(-n2c3cc(-c4ccccc4)ccc3c3ccc(-c4ccccc4)cc32)cc1-c1cccc(C#N)c1. The highest BCUT2D eigenvalue weighted by Gasteiger charge is 2.23. The molecule has 12 aromatic rings. The zero-order valence-corrected chi connectivity index (χ0v) is 35.8. The van der Waals surface area contributed by atoms with Crippen LogP contribution < -0.4 is 0 Å². The number of aromatic nitrogens is 2. The molecule has 0 aliphatic heterocycles. The summed E-state index contributed by atoms with van der Waals surface area (Å²) >= 11 is 0. The molecule has 0 amide bonds. The quantitative estimate of drug-likeness (QED) is 0.158. The lowest BCUT2D eigenvalue weighted by Gasteiger charge is -2.21. The molecule has 0 spiro atoms. The maximum Gasteiger partial charge on any atom is 0.0991 e. The highest BCUT2D eigenvalue weighted by molar-refractivity contribution is 6.14. The van der Waals surface area contributed by atoms with Crippen molar-refractivity contribution >= 4 is 43.6 Å². The van der Waals surface area contributed by atoms with Gasteiger partial charge in [0.05, 0.1) is 45.1 Å². The fourth-order valence-electron chi connectivity index (χ4n) is 9.90. The summed E-state index contributed by atoms with van der Waals surface area (Å²) < 4.78 is 5.00. The molecule has 0 unspecified atom stereocenters. The van der Waals surface area contributed by atoms with Gasteiger partial charge >= 0.3 is 0 Å². The standard InChI is InChI=1S/C62H41N3/c1-41-33-61(64-57-35-47(43-16-6-2-7-17-43)25-29-52(57)53-30-26-48(36-58(53)64)44-18-8-3-9-19-44)62(39-56(41)51-24-14-15-42(34-51)40-63)65-59-37-49(45-20-10-4-11-21-45)27-31-54(59)55-32-28-50(38-60(55)65)46-22-12-5-13-23-46/h2-39H,1H3. The van der Waals surface area contributed by atoms with Crippen molar-refractivity contribution in [3.63, 3.8) is 0 Å². The average molecular weight is 828 g/mol. The highest BCUT2D eigenvalue weighted by atomic mass is 15.1. The van der Waals surface area contributed by atoms with Crippen LogP contribution in [0.4, 0.5) is 0 Å². The zero-order chi connectivity index (χ0) is 43.4. The minimum absolute atomic E-state index is 0.633. The number of nitriles is 1. The van der Waals surface area contributed by atoms with Crippen LogP contribution in [0.3, 0.4) is 0 Å². The second kappa shape index (κ2) is 15.6. The molecule has 0 aliphatic rings. The first-order valence-corrected chi connectivity index (χ1v) is 22.1. The van der Waals surface area contributed by atoms with E-state index in [9.17, 15) is 5.26 Å². The van der Waals surface area contributed by atoms with Crippen LogP contribution in [0.25, 0.3) is 111 Å². The molecule has 2 aromatic heterocycles. The van der Waals surface area contributed by atoms with Gasteiger partial charge < -0.3 is 9.13 Å². The van der Waals surface area contributed by atoms with Gasteiger partial charge in [-0.25, -0.2) is 0 Å². The molecule has 0 saturated carbocycles. The molecule has 0 atom stereocenters. The van der Waals surface area contributed by atoms with Gasteiger partial charge in [-0.05, 0) is 117 Å². The second-order valence-electron chi connectivity index (χ2n) is 16.9. The maximum atomic E-state index is 10.1. The summed E-state index contributed by atoms with van der Waals surface area (Å²) in [6.07, 6.45) is 0. The predicted octanol–water partition coefficient (Wildman–Crippen LogP) is 16.4. The summed E-state index contributed by atoms with van der Waals surface area (Å²) in [5, 5.41) is 14.8. The number of nitrogens with zero attached hydrogens (tertiary/aromatic N) is 3. The Morgan fingerprint density at radius 1 is 0.308 bits per heavy atom. The van der Waals surface area contributed by atoms with Gasteiger partial charge in [0.1, 0.15) is 0 Å². The molecule has 2 heterocycles. The van der Waals surface area contributed by atoms with E-state index in [1.165, 1.54) is 43.8 Å². The number of aryl methyl sites for hydroxylation is 1. The summed E-state index contributed by atoms with van der Waals surface area (Å²) in [5.41, 5.74) is 19.7. The van der Waals surface area contributed by atoms with Crippen molar-refractivity contribution in [2.24, 2.45) is 0 Å². The van der Waals surface area contributed by atoms with Crippen molar-refractivity contribution in [3.8, 4) is 73.1 Å². The molecule has 3 nitrogen and oxygen atoms in total. The maximum absolute atomic E-state index is 10.1. The molecule has 304 valence electrons. The molecule has 0 bridgehead atoms. The summed E-state index contributed by atoms with van der Waals surface area (Å²) in [5.74, 6) is 0. The number of rotatable bonds is 7. The first-order valence-electron chi connectivity index (χ1n) is 22.1. The fraction of sp³-hybridized carbons (Fsp3) is 0.0161. The predicted molar refractivity (Wildman–Crippen MR) is 272 cm³/mol. The zero-order valence-electron chi connectivity index (χ0n) is 35.8. The monoisotopic (exact) mass is 827 g/mol. The van der Waals surface area contributed by atoms with Gasteiger partial charge in [0.2, 0.25) is 0 Å². The normalized spacial score (nSPS) is 11.4. The molecule has 0 radical (unpaired) electrons. The highest BCUT2D eigenvalue weighted by Crippen LogP contribution is 2.44. The van der Waals surface area contributed by atoms with Crippen LogP contribution in [0, 0.1) is 18.3 Å². The van der Waals surface area contributed by atoms with Crippen molar-refractivity contribution in [2.75, 3.05) is 0 Å². The Kier molecular flexibility index (Phi) is 9.11. The lowest BCUT2D eigenvalue weighted by atomic mass is 9.97. The average Bonchev–Trinajstić information content (AvgIpc) is 3.88. The first kappa shape index (κ1) is 38.0. The van der Waals surface area contributed by atoms with Gasteiger partial charge in [-0.2, -0.15) is 5.26 Å². The van der Waals surface area contributed by atoms with Gasteiger partial charge in [-0.1, -0.05) is 182 Å². The third kappa shape index (κ3) is 6.51. The van der Waals surface area contributed by atoms with E-state index in [1.54, 1.807) is 0 Å². The third-order valence-electron chi connectivity index (χ3n) is 13.1. The number of fused-ring (bicyclic) bond motifs is 6. The van der Waals surface area contributed by atoms with E-state index in [4.69, 9.17) is 0 Å². The summed E-state index contributed by atoms with van der Waals surface area (Å²) in [7, 11) is 0. The number of hydrogen-bond acceptors (Lipinski definition) is 1. The largest absolute Gasteiger partial charge is 0.307 e. The first-order chi connectivity index (χ1) is 32.1. The van der Waals surface area contributed by atoms with E-state index in [0.29, 0.717) is 5.56 Å². The minimum atomic E-state index is 0.633. The minimum Gasteiger partial charge on any atom is -0.307 e. The molecule has 0 N–H and O–H groups in total. The van der Waals surface area contributed by atoms with Gasteiger partial charge in [0, 0.05) is 21.5 Å². The van der Waals surface area contributed by atoms with Crippen LogP contribution in [0.5, 0.6) is 0 Å². The van der Waals surface area contributed by atoms with E-state index in [1.807, 2.05) is 18.2 Å². The van der Waals surface area contributed by atoms with Crippen LogP contribution in [-0.2, 0) is 0 Å². The Hall–Kier alpha value is -8.71. The Balaban J connectivity index is 1.25. The molecule has 3 heteroatoms. The molecule has 0 saturated heterocycles. The fourth-order valence-corrected chi connectivity index (χ4v) is 9.90. The summed E-state index contributed by atoms with van der Waals surface area (Å²) in [4.78, 5) is 0. The third-order valence-corrected chi connectivity index (χ3v) is 13.1. The van der Waals surface area contributed by atoms with Gasteiger partial charge in [-0.15, -0.1) is 0 Å². The number of hydrogen-bond donors (Lipinski definition) is 0. The van der Waals surface area contributed by atoms with Crippen molar-refractivity contribution in [1.82, 2.24) is 9.13 Å². The van der Waals surface area contributed by atoms with Crippen molar-refractivity contribution in [3.05, 3.63) is 242 Å². The van der Waals surface area contributed by atoms with Crippen LogP contribution in [0.15, 0.2) is 231 Å². The van der Waals surface area contributed by atoms with E-state index in [0.717, 1.165) is 72.4 Å². The van der Waals surface area contributed by atoms with Crippen molar-refractivity contribution in [1.29, 1.82) is 5.26 Å². The van der Waals surface area contributed by atoms with E-state index in [2.05, 4.69) is 234 Å².